The fraction of sp³-hybridized carbons (Fsp3) is 0.520. The Morgan fingerprint density at radius 1 is 0.848 bits per heavy atom. The second-order valence-electron chi connectivity index (χ2n) is 9.55. The molecule has 1 aliphatic heterocycles. The van der Waals surface area contributed by atoms with Crippen LogP contribution in [0.5, 0.6) is 0 Å². The number of aliphatic hydroxyl groups is 4. The molecular formula is C25H30O7S. The Morgan fingerprint density at radius 3 is 2.12 bits per heavy atom. The van der Waals surface area contributed by atoms with Gasteiger partial charge in [0.05, 0.1) is 16.8 Å². The van der Waals surface area contributed by atoms with E-state index in [2.05, 4.69) is 12.1 Å². The van der Waals surface area contributed by atoms with Gasteiger partial charge in [-0.3, -0.25) is 0 Å². The normalized spacial score (nSPS) is 30.4. The smallest absolute Gasteiger partial charge is 0.181 e. The fourth-order valence-corrected chi connectivity index (χ4v) is 6.54. The van der Waals surface area contributed by atoms with Crippen molar-refractivity contribution in [1.82, 2.24) is 0 Å². The molecule has 0 bridgehead atoms. The Bertz CT molecular complexity index is 1100. The minimum atomic E-state index is -3.46. The lowest BCUT2D eigenvalue weighted by Gasteiger charge is -2.40. The minimum absolute atomic E-state index is 0.282. The van der Waals surface area contributed by atoms with Crippen molar-refractivity contribution in [3.8, 4) is 0 Å². The molecule has 2 aliphatic carbocycles. The maximum Gasteiger partial charge on any atom is 0.181 e. The maximum atomic E-state index is 13.1. The van der Waals surface area contributed by atoms with Gasteiger partial charge in [-0.15, -0.1) is 0 Å². The summed E-state index contributed by atoms with van der Waals surface area (Å²) in [5.74, 6) is 0.638. The van der Waals surface area contributed by atoms with E-state index < -0.39 is 47.0 Å². The number of benzene rings is 2. The molecule has 5 atom stereocenters. The molecule has 2 aromatic rings. The molecule has 1 saturated heterocycles. The minimum Gasteiger partial charge on any atom is -0.394 e. The molecule has 3 fully saturated rings. The van der Waals surface area contributed by atoms with Crippen LogP contribution in [-0.2, 0) is 21.0 Å². The van der Waals surface area contributed by atoms with Gasteiger partial charge in [0.2, 0.25) is 0 Å². The van der Waals surface area contributed by atoms with Crippen LogP contribution in [-0.4, -0.2) is 65.1 Å². The van der Waals surface area contributed by atoms with E-state index in [0.717, 1.165) is 5.56 Å². The molecular weight excluding hydrogens is 444 g/mol. The van der Waals surface area contributed by atoms with Crippen molar-refractivity contribution in [2.45, 2.75) is 78.7 Å². The zero-order valence-electron chi connectivity index (χ0n) is 18.2. The van der Waals surface area contributed by atoms with E-state index in [1.165, 1.54) is 18.4 Å². The third-order valence-electron chi connectivity index (χ3n) is 7.00. The highest BCUT2D eigenvalue weighted by Gasteiger charge is 2.44. The Hall–Kier alpha value is -1.81. The van der Waals surface area contributed by atoms with Gasteiger partial charge >= 0.3 is 0 Å². The standard InChI is InChI=1S/C25H30O7S/c26-13-20-22(27)23(28)24(29)25(32-20)17-7-10-21(33(30,31)19-8-9-19)18(12-17)11-14-1-3-15(4-2-14)16-5-6-16/h1-4,7,10,12,16,19-20,22-29H,5-6,8-9,11,13H2/t20-,22-,23+,24-,25+/m1/s1. The number of hydrogen-bond donors (Lipinski definition) is 4. The molecule has 2 saturated carbocycles. The van der Waals surface area contributed by atoms with Gasteiger partial charge < -0.3 is 25.2 Å². The van der Waals surface area contributed by atoms with Gasteiger partial charge in [-0.2, -0.15) is 0 Å². The number of hydrogen-bond acceptors (Lipinski definition) is 7. The molecule has 0 spiro atoms. The van der Waals surface area contributed by atoms with Crippen molar-refractivity contribution < 1.29 is 33.6 Å². The SMILES string of the molecule is O=S(=O)(c1ccc([C@@H]2O[C@H](CO)[C@@H](O)[C@H](O)[C@H]2O)cc1Cc1ccc(C2CC2)cc1)C1CC1. The van der Waals surface area contributed by atoms with Crippen LogP contribution in [0.2, 0.25) is 0 Å². The molecule has 33 heavy (non-hydrogen) atoms. The number of aliphatic hydroxyl groups excluding tert-OH is 4. The number of sulfone groups is 1. The highest BCUT2D eigenvalue weighted by molar-refractivity contribution is 7.92. The van der Waals surface area contributed by atoms with E-state index in [0.29, 0.717) is 36.3 Å². The van der Waals surface area contributed by atoms with E-state index in [1.54, 1.807) is 18.2 Å². The van der Waals surface area contributed by atoms with E-state index >= 15 is 0 Å². The summed E-state index contributed by atoms with van der Waals surface area (Å²) < 4.78 is 31.9. The van der Waals surface area contributed by atoms with Gasteiger partial charge in [0.15, 0.2) is 9.84 Å². The highest BCUT2D eigenvalue weighted by atomic mass is 32.2. The topological polar surface area (TPSA) is 124 Å². The van der Waals surface area contributed by atoms with Crippen molar-refractivity contribution >= 4 is 9.84 Å². The number of rotatable bonds is 7. The van der Waals surface area contributed by atoms with Gasteiger partial charge in [-0.1, -0.05) is 36.4 Å². The maximum absolute atomic E-state index is 13.1. The first kappa shape index (κ1) is 23.0. The average molecular weight is 475 g/mol. The highest BCUT2D eigenvalue weighted by Crippen LogP contribution is 2.41. The molecule has 4 N–H and O–H groups in total. The van der Waals surface area contributed by atoms with Crippen molar-refractivity contribution in [2.24, 2.45) is 0 Å². The lowest BCUT2D eigenvalue weighted by Crippen LogP contribution is -2.55. The van der Waals surface area contributed by atoms with Crippen LogP contribution >= 0.6 is 0 Å². The van der Waals surface area contributed by atoms with Gasteiger partial charge in [-0.25, -0.2) is 8.42 Å². The van der Waals surface area contributed by atoms with Gasteiger partial charge in [0, 0.05) is 0 Å². The monoisotopic (exact) mass is 474 g/mol. The van der Waals surface area contributed by atoms with Gasteiger partial charge in [0.1, 0.15) is 30.5 Å². The summed E-state index contributed by atoms with van der Waals surface area (Å²) in [4.78, 5) is 0.282. The summed E-state index contributed by atoms with van der Waals surface area (Å²) in [6, 6.07) is 13.1. The predicted octanol–water partition coefficient (Wildman–Crippen LogP) is 1.61. The largest absolute Gasteiger partial charge is 0.394 e. The van der Waals surface area contributed by atoms with Crippen LogP contribution in [0.3, 0.4) is 0 Å². The van der Waals surface area contributed by atoms with Crippen molar-refractivity contribution in [1.29, 1.82) is 0 Å². The molecule has 0 amide bonds. The molecule has 178 valence electrons. The molecule has 3 aliphatic rings. The molecule has 0 unspecified atom stereocenters. The average Bonchev–Trinajstić information content (AvgIpc) is 3.71. The first-order valence-electron chi connectivity index (χ1n) is 11.6. The molecule has 5 rings (SSSR count). The first-order chi connectivity index (χ1) is 15.8. The first-order valence-corrected chi connectivity index (χ1v) is 13.1. The van der Waals surface area contributed by atoms with Gasteiger partial charge in [-0.05, 0) is 66.3 Å². The van der Waals surface area contributed by atoms with E-state index in [-0.39, 0.29) is 10.1 Å². The van der Waals surface area contributed by atoms with Crippen molar-refractivity contribution in [3.05, 3.63) is 64.7 Å². The summed E-state index contributed by atoms with van der Waals surface area (Å²) >= 11 is 0. The summed E-state index contributed by atoms with van der Waals surface area (Å²) in [6.45, 7) is -0.518. The van der Waals surface area contributed by atoms with Crippen LogP contribution in [0, 0.1) is 0 Å². The number of ether oxygens (including phenoxy) is 1. The third-order valence-corrected chi connectivity index (χ3v) is 9.36. The van der Waals surface area contributed by atoms with Crippen molar-refractivity contribution in [2.75, 3.05) is 6.61 Å². The fourth-order valence-electron chi connectivity index (χ4n) is 4.67. The van der Waals surface area contributed by atoms with Crippen LogP contribution in [0.1, 0.15) is 60.0 Å². The predicted molar refractivity (Wildman–Crippen MR) is 121 cm³/mol. The third kappa shape index (κ3) is 4.48. The summed E-state index contributed by atoms with van der Waals surface area (Å²) in [5.41, 5.74) is 3.39. The second-order valence-corrected chi connectivity index (χ2v) is 11.8. The van der Waals surface area contributed by atoms with Crippen LogP contribution in [0.4, 0.5) is 0 Å². The molecule has 0 radical (unpaired) electrons. The Kier molecular flexibility index (Phi) is 6.09. The molecule has 0 aromatic heterocycles. The molecule has 2 aromatic carbocycles. The lowest BCUT2D eigenvalue weighted by molar-refractivity contribution is -0.231. The van der Waals surface area contributed by atoms with Crippen LogP contribution in [0.25, 0.3) is 0 Å². The zero-order valence-corrected chi connectivity index (χ0v) is 19.1. The summed E-state index contributed by atoms with van der Waals surface area (Å²) in [6.07, 6.45) is -2.24. The Balaban J connectivity index is 1.50. The molecule has 8 heteroatoms. The van der Waals surface area contributed by atoms with Gasteiger partial charge in [0.25, 0.3) is 0 Å². The zero-order chi connectivity index (χ0) is 23.3. The van der Waals surface area contributed by atoms with Crippen molar-refractivity contribution in [3.63, 3.8) is 0 Å². The Morgan fingerprint density at radius 2 is 1.52 bits per heavy atom. The molecule has 1 heterocycles. The van der Waals surface area contributed by atoms with Crippen LogP contribution < -0.4 is 0 Å². The Labute approximate surface area is 193 Å². The quantitative estimate of drug-likeness (QED) is 0.481. The summed E-state index contributed by atoms with van der Waals surface area (Å²) in [7, 11) is -3.46. The van der Waals surface area contributed by atoms with Crippen LogP contribution in [0.15, 0.2) is 47.4 Å². The van der Waals surface area contributed by atoms with E-state index in [9.17, 15) is 28.8 Å². The summed E-state index contributed by atoms with van der Waals surface area (Å²) in [5, 5.41) is 40.0. The lowest BCUT2D eigenvalue weighted by atomic mass is 9.90. The van der Waals surface area contributed by atoms with E-state index in [4.69, 9.17) is 4.74 Å². The second kappa shape index (κ2) is 8.76. The molecule has 7 nitrogen and oxygen atoms in total. The van der Waals surface area contributed by atoms with E-state index in [1.807, 2.05) is 12.1 Å².